The highest BCUT2D eigenvalue weighted by atomic mass is 31.2. The van der Waals surface area contributed by atoms with E-state index in [2.05, 4.69) is 18.8 Å². The molecule has 0 bridgehead atoms. The fourth-order valence-electron chi connectivity index (χ4n) is 1.54. The lowest BCUT2D eigenvalue weighted by atomic mass is 11.2. The summed E-state index contributed by atoms with van der Waals surface area (Å²) in [5.74, 6) is 0. The quantitative estimate of drug-likeness (QED) is 0.686. The first-order chi connectivity index (χ1) is 5.89. The third-order valence-electron chi connectivity index (χ3n) is 1.86. The van der Waals surface area contributed by atoms with Crippen molar-refractivity contribution >= 4 is 7.51 Å². The molecule has 0 saturated heterocycles. The molecule has 0 spiro atoms. The van der Waals surface area contributed by atoms with E-state index in [1.165, 1.54) is 0 Å². The first-order valence-corrected chi connectivity index (χ1v) is 5.72. The van der Waals surface area contributed by atoms with E-state index in [0.29, 0.717) is 0 Å². The van der Waals surface area contributed by atoms with Crippen LogP contribution in [0.3, 0.4) is 0 Å². The van der Waals surface area contributed by atoms with Gasteiger partial charge in [0.2, 0.25) is 0 Å². The van der Waals surface area contributed by atoms with Gasteiger partial charge in [-0.15, -0.1) is 0 Å². The molecule has 0 aliphatic heterocycles. The molecule has 0 aliphatic rings. The molecule has 5 nitrogen and oxygen atoms in total. The molecule has 0 saturated carbocycles. The Morgan fingerprint density at radius 1 is 0.923 bits per heavy atom. The summed E-state index contributed by atoms with van der Waals surface area (Å²) in [6.45, 7) is -0.137. The number of aliphatic hydroxyl groups excluding tert-OH is 1. The van der Waals surface area contributed by atoms with E-state index < -0.39 is 7.51 Å². The Morgan fingerprint density at radius 2 is 1.23 bits per heavy atom. The van der Waals surface area contributed by atoms with Crippen molar-refractivity contribution in [3.63, 3.8) is 0 Å². The molecule has 80 valence electrons. The van der Waals surface area contributed by atoms with Gasteiger partial charge in [0.05, 0.1) is 0 Å². The van der Waals surface area contributed by atoms with E-state index in [9.17, 15) is 0 Å². The molecule has 0 heterocycles. The van der Waals surface area contributed by atoms with Crippen molar-refractivity contribution < 1.29 is 5.11 Å². The van der Waals surface area contributed by atoms with E-state index >= 15 is 0 Å². The van der Waals surface area contributed by atoms with Gasteiger partial charge in [-0.1, -0.05) is 0 Å². The first kappa shape index (κ1) is 13.1. The van der Waals surface area contributed by atoms with Gasteiger partial charge < -0.3 is 5.11 Å². The molecule has 0 aliphatic carbocycles. The Kier molecular flexibility index (Phi) is 5.10. The van der Waals surface area contributed by atoms with Gasteiger partial charge in [-0.2, -0.15) is 0 Å². The van der Waals surface area contributed by atoms with Crippen LogP contribution in [0, 0.1) is 0 Å². The third kappa shape index (κ3) is 2.51. The second kappa shape index (κ2) is 5.08. The van der Waals surface area contributed by atoms with Crippen LogP contribution in [0.5, 0.6) is 0 Å². The van der Waals surface area contributed by atoms with E-state index in [-0.39, 0.29) is 6.73 Å². The molecule has 1 N–H and O–H groups in total. The largest absolute Gasteiger partial charge is 0.375 e. The maximum atomic E-state index is 8.93. The van der Waals surface area contributed by atoms with Gasteiger partial charge in [-0.05, 0) is 42.3 Å². The molecule has 0 aromatic carbocycles. The summed E-state index contributed by atoms with van der Waals surface area (Å²) in [7, 11) is 10.0. The smallest absolute Gasteiger partial charge is 0.168 e. The van der Waals surface area contributed by atoms with Crippen LogP contribution in [-0.2, 0) is 0 Å². The van der Waals surface area contributed by atoms with Crippen LogP contribution >= 0.6 is 7.51 Å². The van der Waals surface area contributed by atoms with Gasteiger partial charge in [0, 0.05) is 0 Å². The molecule has 0 fully saturated rings. The zero-order chi connectivity index (χ0) is 10.6. The topological polar surface area (TPSA) is 42.3 Å². The van der Waals surface area contributed by atoms with Crippen molar-refractivity contribution in [3.8, 4) is 0 Å². The summed E-state index contributed by atoms with van der Waals surface area (Å²) in [5, 5.41) is 8.93. The van der Waals surface area contributed by atoms with Crippen LogP contribution in [0.4, 0.5) is 0 Å². The van der Waals surface area contributed by atoms with Crippen LogP contribution < -0.4 is 0 Å². The van der Waals surface area contributed by atoms with Crippen LogP contribution in [0.25, 0.3) is 0 Å². The predicted molar refractivity (Wildman–Crippen MR) is 57.5 cm³/mol. The van der Waals surface area contributed by atoms with Gasteiger partial charge in [0.15, 0.2) is 7.51 Å². The third-order valence-corrected chi connectivity index (χ3v) is 5.59. The van der Waals surface area contributed by atoms with Crippen LogP contribution in [0.2, 0.25) is 0 Å². The fraction of sp³-hybridized carbons (Fsp3) is 1.00. The number of hydrogen-bond acceptors (Lipinski definition) is 2. The van der Waals surface area contributed by atoms with Crippen molar-refractivity contribution in [2.45, 2.75) is 0 Å². The van der Waals surface area contributed by atoms with E-state index in [4.69, 9.17) is 5.11 Å². The van der Waals surface area contributed by atoms with Gasteiger partial charge in [0.25, 0.3) is 0 Å². The number of rotatable bonds is 4. The van der Waals surface area contributed by atoms with E-state index in [0.717, 1.165) is 0 Å². The highest BCUT2D eigenvalue weighted by Gasteiger charge is 2.27. The Balaban J connectivity index is 5.20. The minimum absolute atomic E-state index is 0.137. The molecule has 6 heteroatoms. The Morgan fingerprint density at radius 3 is 1.31 bits per heavy atom. The average molecular weight is 208 g/mol. The number of aliphatic hydroxyl groups is 1. The zero-order valence-electron chi connectivity index (χ0n) is 9.39. The first-order valence-electron chi connectivity index (χ1n) is 4.12. The van der Waals surface area contributed by atoms with Crippen molar-refractivity contribution in [1.29, 1.82) is 0 Å². The lowest BCUT2D eigenvalue weighted by Crippen LogP contribution is -2.30. The predicted octanol–water partition coefficient (Wildman–Crippen LogP) is 0.567. The van der Waals surface area contributed by atoms with Crippen LogP contribution in [0.1, 0.15) is 0 Å². The normalized spacial score (nSPS) is 13.1. The van der Waals surface area contributed by atoms with Crippen molar-refractivity contribution in [3.05, 3.63) is 0 Å². The summed E-state index contributed by atoms with van der Waals surface area (Å²) in [5.41, 5.74) is 0. The summed E-state index contributed by atoms with van der Waals surface area (Å²) < 4.78 is 10.5. The van der Waals surface area contributed by atoms with Crippen LogP contribution in [-0.4, -0.2) is 68.1 Å². The number of nitrogens with zero attached hydrogens (tertiary/aromatic N) is 4. The van der Waals surface area contributed by atoms with Gasteiger partial charge >= 0.3 is 0 Å². The molecule has 13 heavy (non-hydrogen) atoms. The summed E-state index contributed by atoms with van der Waals surface area (Å²) >= 11 is 0. The zero-order valence-corrected chi connectivity index (χ0v) is 10.3. The lowest BCUT2D eigenvalue weighted by molar-refractivity contribution is 0.305. The summed E-state index contributed by atoms with van der Waals surface area (Å²) in [6, 6.07) is 0. The number of hydrogen-bond donors (Lipinski definition) is 1. The monoisotopic (exact) mass is 208 g/mol. The Labute approximate surface area is 81.2 Å². The molecular formula is C7H21N4OP. The highest BCUT2D eigenvalue weighted by Crippen LogP contribution is 2.54. The summed E-state index contributed by atoms with van der Waals surface area (Å²) in [4.78, 5) is 0. The maximum absolute atomic E-state index is 8.93. The lowest BCUT2D eigenvalue weighted by Gasteiger charge is -2.40. The average Bonchev–Trinajstić information content (AvgIpc) is 1.97. The SMILES string of the molecule is CN(C)P(=NCO)(N(C)C)N(C)C. The minimum Gasteiger partial charge on any atom is -0.375 e. The van der Waals surface area contributed by atoms with Gasteiger partial charge in [0.1, 0.15) is 6.73 Å². The van der Waals surface area contributed by atoms with E-state index in [1.54, 1.807) is 0 Å². The molecule has 0 atom stereocenters. The van der Waals surface area contributed by atoms with Crippen molar-refractivity contribution in [2.24, 2.45) is 4.74 Å². The Hall–Kier alpha value is 0.0700. The standard InChI is InChI=1S/C7H21N4OP/c1-9(2)13(8-7-12,10(3)4)11(5)6/h12H,7H2,1-6H3. The molecule has 0 radical (unpaired) electrons. The molecule has 0 rings (SSSR count). The van der Waals surface area contributed by atoms with Gasteiger partial charge in [-0.25, -0.2) is 4.74 Å². The second-order valence-electron chi connectivity index (χ2n) is 3.36. The van der Waals surface area contributed by atoms with Gasteiger partial charge in [-0.3, -0.25) is 14.0 Å². The molecule has 0 unspecified atom stereocenters. The van der Waals surface area contributed by atoms with Crippen molar-refractivity contribution in [2.75, 3.05) is 49.0 Å². The maximum Gasteiger partial charge on any atom is 0.168 e. The summed E-state index contributed by atoms with van der Waals surface area (Å²) in [6.07, 6.45) is 0. The Bertz CT molecular complexity index is 174. The van der Waals surface area contributed by atoms with Crippen molar-refractivity contribution in [1.82, 2.24) is 14.0 Å². The molecule has 0 amide bonds. The van der Waals surface area contributed by atoms with Crippen LogP contribution in [0.15, 0.2) is 4.74 Å². The molecule has 0 aromatic rings. The highest BCUT2D eigenvalue weighted by molar-refractivity contribution is 7.59. The fourth-order valence-corrected chi connectivity index (χ4v) is 4.61. The molecule has 0 aromatic heterocycles. The van der Waals surface area contributed by atoms with E-state index in [1.807, 2.05) is 42.3 Å². The molecular weight excluding hydrogens is 187 g/mol. The minimum atomic E-state index is -1.84. The second-order valence-corrected chi connectivity index (χ2v) is 7.12.